The molecule has 2 aliphatic heterocycles. The molecule has 0 aromatic heterocycles. The lowest BCUT2D eigenvalue weighted by Crippen LogP contribution is -2.58. The smallest absolute Gasteiger partial charge is 0.254 e. The zero-order valence-electron chi connectivity index (χ0n) is 11.7. The van der Waals surface area contributed by atoms with Crippen molar-refractivity contribution in [3.8, 4) is 11.5 Å². The first-order chi connectivity index (χ1) is 9.45. The molecule has 0 aliphatic carbocycles. The Hall–Kier alpha value is -2.17. The van der Waals surface area contributed by atoms with Crippen LogP contribution in [0.15, 0.2) is 29.5 Å². The third-order valence-corrected chi connectivity index (χ3v) is 3.89. The zero-order chi connectivity index (χ0) is 14.5. The number of amides is 1. The number of carbonyl (C=O) groups excluding carboxylic acids is 1. The van der Waals surface area contributed by atoms with Crippen molar-refractivity contribution in [3.63, 3.8) is 0 Å². The monoisotopic (exact) mass is 275 g/mol. The highest BCUT2D eigenvalue weighted by atomic mass is 16.5. The van der Waals surface area contributed by atoms with E-state index >= 15 is 0 Å². The summed E-state index contributed by atoms with van der Waals surface area (Å²) in [5, 5.41) is 12.7. The molecule has 0 radical (unpaired) electrons. The van der Waals surface area contributed by atoms with Gasteiger partial charge in [-0.3, -0.25) is 4.79 Å². The van der Waals surface area contributed by atoms with Gasteiger partial charge in [0.25, 0.3) is 5.91 Å². The van der Waals surface area contributed by atoms with Gasteiger partial charge >= 0.3 is 0 Å². The van der Waals surface area contributed by atoms with Crippen LogP contribution in [-0.2, 0) is 4.79 Å². The Morgan fingerprint density at radius 2 is 2.30 bits per heavy atom. The maximum atomic E-state index is 12.2. The fourth-order valence-corrected chi connectivity index (χ4v) is 3.06. The van der Waals surface area contributed by atoms with E-state index in [2.05, 4.69) is 5.32 Å². The van der Waals surface area contributed by atoms with Crippen molar-refractivity contribution in [1.29, 1.82) is 0 Å². The standard InChI is InChI=1S/C15H17NO4/c1-8(17)12-10-7-15(2,16-14(12)18)20-13-9(10)5-4-6-11(13)19-3/h4-6,10,17H,7H2,1-3H3,(H,16,18). The van der Waals surface area contributed by atoms with E-state index in [1.165, 1.54) is 6.92 Å². The third kappa shape index (κ3) is 1.73. The molecule has 1 amide bonds. The van der Waals surface area contributed by atoms with E-state index in [0.29, 0.717) is 23.5 Å². The predicted octanol–water partition coefficient (Wildman–Crippen LogP) is 2.24. The van der Waals surface area contributed by atoms with E-state index in [1.54, 1.807) is 7.11 Å². The van der Waals surface area contributed by atoms with Crippen LogP contribution in [-0.4, -0.2) is 23.8 Å². The Balaban J connectivity index is 2.23. The third-order valence-electron chi connectivity index (χ3n) is 3.89. The fourth-order valence-electron chi connectivity index (χ4n) is 3.06. The molecule has 1 fully saturated rings. The van der Waals surface area contributed by atoms with Gasteiger partial charge in [-0.05, 0) is 19.9 Å². The number of carbonyl (C=O) groups is 1. The molecule has 2 N–H and O–H groups in total. The van der Waals surface area contributed by atoms with Crippen LogP contribution in [0, 0.1) is 0 Å². The summed E-state index contributed by atoms with van der Waals surface area (Å²) in [4.78, 5) is 12.2. The molecule has 1 aromatic rings. The van der Waals surface area contributed by atoms with Crippen LogP contribution >= 0.6 is 0 Å². The van der Waals surface area contributed by atoms with Gasteiger partial charge in [0.2, 0.25) is 0 Å². The van der Waals surface area contributed by atoms with Crippen LogP contribution in [0.3, 0.4) is 0 Å². The van der Waals surface area contributed by atoms with E-state index in [9.17, 15) is 9.90 Å². The van der Waals surface area contributed by atoms with Gasteiger partial charge in [-0.15, -0.1) is 0 Å². The lowest BCUT2D eigenvalue weighted by Gasteiger charge is -2.45. The minimum atomic E-state index is -0.775. The Labute approximate surface area is 117 Å². The molecule has 20 heavy (non-hydrogen) atoms. The first-order valence-corrected chi connectivity index (χ1v) is 6.53. The van der Waals surface area contributed by atoms with Crippen molar-refractivity contribution >= 4 is 5.91 Å². The van der Waals surface area contributed by atoms with Gasteiger partial charge in [0, 0.05) is 17.9 Å². The quantitative estimate of drug-likeness (QED) is 0.609. The predicted molar refractivity (Wildman–Crippen MR) is 72.9 cm³/mol. The van der Waals surface area contributed by atoms with Crippen molar-refractivity contribution in [3.05, 3.63) is 35.1 Å². The second kappa shape index (κ2) is 4.16. The maximum absolute atomic E-state index is 12.2. The summed E-state index contributed by atoms with van der Waals surface area (Å²) in [6.45, 7) is 3.36. The van der Waals surface area contributed by atoms with Gasteiger partial charge in [0.15, 0.2) is 17.2 Å². The van der Waals surface area contributed by atoms with Gasteiger partial charge in [0.05, 0.1) is 18.4 Å². The summed E-state index contributed by atoms with van der Waals surface area (Å²) >= 11 is 0. The lowest BCUT2D eigenvalue weighted by atomic mass is 9.78. The van der Waals surface area contributed by atoms with Crippen LogP contribution in [0.25, 0.3) is 0 Å². The summed E-state index contributed by atoms with van der Waals surface area (Å²) < 4.78 is 11.3. The number of allylic oxidation sites excluding steroid dienone is 1. The molecule has 2 atom stereocenters. The molecule has 1 saturated heterocycles. The number of benzene rings is 1. The molecule has 106 valence electrons. The Bertz CT molecular complexity index is 618. The molecule has 5 heteroatoms. The lowest BCUT2D eigenvalue weighted by molar-refractivity contribution is -0.127. The van der Waals surface area contributed by atoms with Crippen LogP contribution in [0.2, 0.25) is 0 Å². The number of aliphatic hydroxyl groups excluding tert-OH is 1. The van der Waals surface area contributed by atoms with Crippen molar-refractivity contribution in [2.24, 2.45) is 0 Å². The summed E-state index contributed by atoms with van der Waals surface area (Å²) in [5.74, 6) is 0.844. The van der Waals surface area contributed by atoms with Gasteiger partial charge in [0.1, 0.15) is 0 Å². The number of methoxy groups -OCH3 is 1. The number of para-hydroxylation sites is 1. The molecule has 0 saturated carbocycles. The Kier molecular flexibility index (Phi) is 2.67. The number of rotatable bonds is 1. The van der Waals surface area contributed by atoms with Crippen molar-refractivity contribution < 1.29 is 19.4 Å². The molecule has 2 heterocycles. The van der Waals surface area contributed by atoms with Gasteiger partial charge in [-0.25, -0.2) is 0 Å². The Morgan fingerprint density at radius 1 is 1.55 bits per heavy atom. The number of piperidine rings is 1. The van der Waals surface area contributed by atoms with E-state index in [1.807, 2.05) is 25.1 Å². The zero-order valence-corrected chi connectivity index (χ0v) is 11.7. The molecule has 2 aliphatic rings. The van der Waals surface area contributed by atoms with Gasteiger partial charge in [-0.1, -0.05) is 12.1 Å². The normalized spacial score (nSPS) is 29.9. The van der Waals surface area contributed by atoms with Crippen LogP contribution < -0.4 is 14.8 Å². The van der Waals surface area contributed by atoms with Crippen molar-refractivity contribution in [2.45, 2.75) is 31.9 Å². The Morgan fingerprint density at radius 3 is 2.95 bits per heavy atom. The van der Waals surface area contributed by atoms with E-state index in [0.717, 1.165) is 5.56 Å². The van der Waals surface area contributed by atoms with E-state index in [4.69, 9.17) is 9.47 Å². The fraction of sp³-hybridized carbons (Fsp3) is 0.400. The average Bonchev–Trinajstić information content (AvgIpc) is 2.36. The summed E-state index contributed by atoms with van der Waals surface area (Å²) in [6.07, 6.45) is 0.589. The molecular weight excluding hydrogens is 258 g/mol. The highest BCUT2D eigenvalue weighted by molar-refractivity contribution is 5.97. The summed E-state index contributed by atoms with van der Waals surface area (Å²) in [6, 6.07) is 5.59. The summed E-state index contributed by atoms with van der Waals surface area (Å²) in [7, 11) is 1.58. The van der Waals surface area contributed by atoms with Crippen LogP contribution in [0.1, 0.15) is 31.7 Å². The van der Waals surface area contributed by atoms with E-state index in [-0.39, 0.29) is 17.6 Å². The molecule has 1 aromatic carbocycles. The highest BCUT2D eigenvalue weighted by Crippen LogP contribution is 2.50. The van der Waals surface area contributed by atoms with Crippen molar-refractivity contribution in [2.75, 3.05) is 7.11 Å². The van der Waals surface area contributed by atoms with Crippen molar-refractivity contribution in [1.82, 2.24) is 5.32 Å². The van der Waals surface area contributed by atoms with E-state index < -0.39 is 5.72 Å². The summed E-state index contributed by atoms with van der Waals surface area (Å²) in [5.41, 5.74) is 0.503. The highest BCUT2D eigenvalue weighted by Gasteiger charge is 2.48. The first-order valence-electron chi connectivity index (χ1n) is 6.53. The number of fused-ring (bicyclic) bond motifs is 4. The molecular formula is C15H17NO4. The number of aliphatic hydroxyl groups is 1. The number of nitrogens with one attached hydrogen (secondary N) is 1. The molecule has 0 spiro atoms. The second-order valence-corrected chi connectivity index (χ2v) is 5.42. The number of ether oxygens (including phenoxy) is 2. The topological polar surface area (TPSA) is 67.8 Å². The average molecular weight is 275 g/mol. The molecule has 2 bridgehead atoms. The van der Waals surface area contributed by atoms with Crippen LogP contribution in [0.5, 0.6) is 11.5 Å². The molecule has 5 nitrogen and oxygen atoms in total. The number of hydrogen-bond donors (Lipinski definition) is 2. The van der Waals surface area contributed by atoms with Gasteiger partial charge in [-0.2, -0.15) is 0 Å². The first kappa shape index (κ1) is 12.8. The SMILES string of the molecule is COc1cccc2c1OC1(C)CC2C(=C(C)O)C(=O)N1. The second-order valence-electron chi connectivity index (χ2n) is 5.42. The molecule has 3 rings (SSSR count). The minimum Gasteiger partial charge on any atom is -0.512 e. The van der Waals surface area contributed by atoms with Crippen LogP contribution in [0.4, 0.5) is 0 Å². The van der Waals surface area contributed by atoms with Gasteiger partial charge < -0.3 is 19.9 Å². The molecule has 2 unspecified atom stereocenters. The minimum absolute atomic E-state index is 0.0465. The number of hydrogen-bond acceptors (Lipinski definition) is 4. The maximum Gasteiger partial charge on any atom is 0.254 e. The largest absolute Gasteiger partial charge is 0.512 e.